The Morgan fingerprint density at radius 1 is 1.17 bits per heavy atom. The number of carbonyl (C=O) groups is 4. The van der Waals surface area contributed by atoms with Crippen LogP contribution in [0.25, 0.3) is 0 Å². The molecule has 1 aliphatic rings. The SMILES string of the molecule is CC(N)C(=O)NC(Cc1ccccc1)C(=O)N1CCCC1C(=O)NC(CO)C(=O)O. The summed E-state index contributed by atoms with van der Waals surface area (Å²) in [6.45, 7) is 1.04. The van der Waals surface area contributed by atoms with Crippen molar-refractivity contribution in [3.05, 3.63) is 35.9 Å². The van der Waals surface area contributed by atoms with E-state index in [0.29, 0.717) is 19.4 Å². The van der Waals surface area contributed by atoms with E-state index in [4.69, 9.17) is 15.9 Å². The number of carboxylic acid groups (broad SMARTS) is 1. The van der Waals surface area contributed by atoms with Gasteiger partial charge in [0, 0.05) is 13.0 Å². The van der Waals surface area contributed by atoms with E-state index in [1.54, 1.807) is 0 Å². The maximum Gasteiger partial charge on any atom is 0.328 e. The van der Waals surface area contributed by atoms with Gasteiger partial charge >= 0.3 is 5.97 Å². The van der Waals surface area contributed by atoms with Crippen LogP contribution in [0.3, 0.4) is 0 Å². The molecule has 4 unspecified atom stereocenters. The van der Waals surface area contributed by atoms with E-state index >= 15 is 0 Å². The molecule has 2 rings (SSSR count). The summed E-state index contributed by atoms with van der Waals surface area (Å²) in [6, 6.07) is 5.05. The smallest absolute Gasteiger partial charge is 0.328 e. The van der Waals surface area contributed by atoms with Gasteiger partial charge in [0.05, 0.1) is 12.6 Å². The Kier molecular flexibility index (Phi) is 8.31. The first kappa shape index (κ1) is 23.3. The molecule has 3 amide bonds. The third-order valence-electron chi connectivity index (χ3n) is 4.95. The number of likely N-dealkylation sites (tertiary alicyclic amines) is 1. The first-order valence-electron chi connectivity index (χ1n) is 9.79. The number of nitrogens with zero attached hydrogens (tertiary/aromatic N) is 1. The fraction of sp³-hybridized carbons (Fsp3) is 0.500. The molecule has 10 nitrogen and oxygen atoms in total. The zero-order valence-corrected chi connectivity index (χ0v) is 16.8. The molecule has 0 bridgehead atoms. The minimum absolute atomic E-state index is 0.220. The molecule has 0 spiro atoms. The van der Waals surface area contributed by atoms with Crippen LogP contribution in [0.4, 0.5) is 0 Å². The Labute approximate surface area is 174 Å². The number of carbonyl (C=O) groups excluding carboxylic acids is 3. The third-order valence-corrected chi connectivity index (χ3v) is 4.95. The monoisotopic (exact) mass is 420 g/mol. The first-order chi connectivity index (χ1) is 14.2. The Balaban J connectivity index is 2.18. The highest BCUT2D eigenvalue weighted by Gasteiger charge is 2.38. The average Bonchev–Trinajstić information content (AvgIpc) is 3.21. The summed E-state index contributed by atoms with van der Waals surface area (Å²) in [4.78, 5) is 50.4. The molecule has 0 aromatic heterocycles. The van der Waals surface area contributed by atoms with Gasteiger partial charge in [0.15, 0.2) is 0 Å². The summed E-state index contributed by atoms with van der Waals surface area (Å²) in [5.41, 5.74) is 6.45. The second-order valence-corrected chi connectivity index (χ2v) is 7.31. The van der Waals surface area contributed by atoms with Crippen molar-refractivity contribution in [3.8, 4) is 0 Å². The molecule has 164 valence electrons. The lowest BCUT2D eigenvalue weighted by molar-refractivity contribution is -0.145. The predicted molar refractivity (Wildman–Crippen MR) is 107 cm³/mol. The Morgan fingerprint density at radius 2 is 1.83 bits per heavy atom. The second kappa shape index (κ2) is 10.7. The van der Waals surface area contributed by atoms with Gasteiger partial charge in [0.25, 0.3) is 0 Å². The van der Waals surface area contributed by atoms with Crippen LogP contribution in [0.2, 0.25) is 0 Å². The van der Waals surface area contributed by atoms with Gasteiger partial charge in [0.1, 0.15) is 18.1 Å². The van der Waals surface area contributed by atoms with Gasteiger partial charge in [-0.05, 0) is 25.3 Å². The van der Waals surface area contributed by atoms with Crippen LogP contribution in [0.5, 0.6) is 0 Å². The maximum absolute atomic E-state index is 13.2. The molecular weight excluding hydrogens is 392 g/mol. The highest BCUT2D eigenvalue weighted by molar-refractivity contribution is 5.94. The van der Waals surface area contributed by atoms with Crippen molar-refractivity contribution in [2.75, 3.05) is 13.2 Å². The number of benzene rings is 1. The van der Waals surface area contributed by atoms with Crippen LogP contribution in [0.15, 0.2) is 30.3 Å². The Hall–Kier alpha value is -2.98. The van der Waals surface area contributed by atoms with Crippen LogP contribution in [0.1, 0.15) is 25.3 Å². The molecule has 1 aromatic carbocycles. The minimum atomic E-state index is -1.45. The van der Waals surface area contributed by atoms with Crippen molar-refractivity contribution in [2.45, 2.75) is 50.4 Å². The van der Waals surface area contributed by atoms with E-state index in [2.05, 4.69) is 10.6 Å². The van der Waals surface area contributed by atoms with Crippen LogP contribution in [-0.4, -0.2) is 76.1 Å². The molecule has 1 heterocycles. The minimum Gasteiger partial charge on any atom is -0.480 e. The molecule has 1 saturated heterocycles. The van der Waals surface area contributed by atoms with Crippen LogP contribution in [0, 0.1) is 0 Å². The van der Waals surface area contributed by atoms with Crippen molar-refractivity contribution in [2.24, 2.45) is 5.73 Å². The number of rotatable bonds is 9. The lowest BCUT2D eigenvalue weighted by Gasteiger charge is -2.29. The maximum atomic E-state index is 13.2. The Bertz CT molecular complexity index is 770. The van der Waals surface area contributed by atoms with E-state index in [-0.39, 0.29) is 6.42 Å². The van der Waals surface area contributed by atoms with Gasteiger partial charge in [-0.3, -0.25) is 14.4 Å². The summed E-state index contributed by atoms with van der Waals surface area (Å²) in [5, 5.41) is 23.1. The number of aliphatic hydroxyl groups excluding tert-OH is 1. The number of aliphatic hydroxyl groups is 1. The van der Waals surface area contributed by atoms with Gasteiger partial charge in [-0.25, -0.2) is 4.79 Å². The first-order valence-corrected chi connectivity index (χ1v) is 9.79. The standard InChI is InChI=1S/C20H28N4O6/c1-12(21)17(26)22-14(10-13-6-3-2-4-7-13)19(28)24-9-5-8-16(24)18(27)23-15(11-25)20(29)30/h2-4,6-7,12,14-16,25H,5,8-11,21H2,1H3,(H,22,26)(H,23,27)(H,29,30). The van der Waals surface area contributed by atoms with E-state index in [0.717, 1.165) is 5.56 Å². The predicted octanol–water partition coefficient (Wildman–Crippen LogP) is -1.39. The summed E-state index contributed by atoms with van der Waals surface area (Å²) < 4.78 is 0. The quantitative estimate of drug-likeness (QED) is 0.329. The number of aliphatic carboxylic acids is 1. The third kappa shape index (κ3) is 6.01. The van der Waals surface area contributed by atoms with Gasteiger partial charge in [0.2, 0.25) is 17.7 Å². The van der Waals surface area contributed by atoms with E-state index in [1.807, 2.05) is 30.3 Å². The average molecular weight is 420 g/mol. The molecular formula is C20H28N4O6. The van der Waals surface area contributed by atoms with Crippen molar-refractivity contribution in [1.29, 1.82) is 0 Å². The van der Waals surface area contributed by atoms with Crippen LogP contribution >= 0.6 is 0 Å². The largest absolute Gasteiger partial charge is 0.480 e. The fourth-order valence-corrected chi connectivity index (χ4v) is 3.31. The number of hydrogen-bond donors (Lipinski definition) is 5. The van der Waals surface area contributed by atoms with Crippen molar-refractivity contribution >= 4 is 23.7 Å². The number of carboxylic acids is 1. The molecule has 1 aliphatic heterocycles. The van der Waals surface area contributed by atoms with Gasteiger partial charge in [-0.2, -0.15) is 0 Å². The van der Waals surface area contributed by atoms with Crippen molar-refractivity contribution in [3.63, 3.8) is 0 Å². The highest BCUT2D eigenvalue weighted by atomic mass is 16.4. The summed E-state index contributed by atoms with van der Waals surface area (Å²) in [5.74, 6) is -2.95. The lowest BCUT2D eigenvalue weighted by atomic mass is 10.0. The van der Waals surface area contributed by atoms with Crippen molar-refractivity contribution in [1.82, 2.24) is 15.5 Å². The number of hydrogen-bond acceptors (Lipinski definition) is 6. The molecule has 10 heteroatoms. The molecule has 0 radical (unpaired) electrons. The Morgan fingerprint density at radius 3 is 2.40 bits per heavy atom. The summed E-state index contributed by atoms with van der Waals surface area (Å²) in [6.07, 6.45) is 1.13. The lowest BCUT2D eigenvalue weighted by Crippen LogP contribution is -2.57. The number of nitrogens with one attached hydrogen (secondary N) is 2. The molecule has 0 aliphatic carbocycles. The number of amides is 3. The zero-order chi connectivity index (χ0) is 22.3. The summed E-state index contributed by atoms with van der Waals surface area (Å²) in [7, 11) is 0. The zero-order valence-electron chi connectivity index (χ0n) is 16.8. The van der Waals surface area contributed by atoms with E-state index < -0.39 is 54.5 Å². The second-order valence-electron chi connectivity index (χ2n) is 7.31. The molecule has 0 saturated carbocycles. The molecule has 1 aromatic rings. The van der Waals surface area contributed by atoms with Gasteiger partial charge in [-0.15, -0.1) is 0 Å². The van der Waals surface area contributed by atoms with E-state index in [9.17, 15) is 19.2 Å². The highest BCUT2D eigenvalue weighted by Crippen LogP contribution is 2.20. The molecule has 6 N–H and O–H groups in total. The van der Waals surface area contributed by atoms with Gasteiger partial charge < -0.3 is 31.5 Å². The molecule has 4 atom stereocenters. The van der Waals surface area contributed by atoms with Gasteiger partial charge in [-0.1, -0.05) is 30.3 Å². The van der Waals surface area contributed by atoms with Crippen molar-refractivity contribution < 1.29 is 29.4 Å². The normalized spacial score (nSPS) is 18.9. The van der Waals surface area contributed by atoms with E-state index in [1.165, 1.54) is 11.8 Å². The van der Waals surface area contributed by atoms with Crippen LogP contribution in [-0.2, 0) is 25.6 Å². The topological polar surface area (TPSA) is 162 Å². The fourth-order valence-electron chi connectivity index (χ4n) is 3.31. The molecule has 30 heavy (non-hydrogen) atoms. The summed E-state index contributed by atoms with van der Waals surface area (Å²) >= 11 is 0. The van der Waals surface area contributed by atoms with Crippen LogP contribution < -0.4 is 16.4 Å². The number of nitrogens with two attached hydrogens (primary N) is 1. The molecule has 1 fully saturated rings.